The molecule has 0 bridgehead atoms. The summed E-state index contributed by atoms with van der Waals surface area (Å²) >= 11 is 0. The zero-order valence-corrected chi connectivity index (χ0v) is 13.9. The van der Waals surface area contributed by atoms with Gasteiger partial charge in [0.25, 0.3) is 0 Å². The molecule has 1 nitrogen and oxygen atoms in total. The van der Waals surface area contributed by atoms with Crippen molar-refractivity contribution in [2.75, 3.05) is 0 Å². The lowest BCUT2D eigenvalue weighted by Crippen LogP contribution is -2.38. The average molecular weight is 280 g/mol. The lowest BCUT2D eigenvalue weighted by Gasteiger charge is -2.41. The Kier molecular flexibility index (Phi) is 6.87. The summed E-state index contributed by atoms with van der Waals surface area (Å²) in [5.41, 5.74) is 6.62. The molecule has 0 aromatic heterocycles. The van der Waals surface area contributed by atoms with Gasteiger partial charge in [0, 0.05) is 6.04 Å². The van der Waals surface area contributed by atoms with Crippen LogP contribution in [-0.2, 0) is 0 Å². The zero-order valence-electron chi connectivity index (χ0n) is 13.9. The standard InChI is InChI=1S/C19H37N/c1-3-5-8-15(4-2)13-19(20)18-12-11-16-9-6-7-10-17(16)14-18/h15-19H,3-14,20H2,1-2H3. The van der Waals surface area contributed by atoms with Crippen molar-refractivity contribution < 1.29 is 0 Å². The van der Waals surface area contributed by atoms with Gasteiger partial charge in [0.05, 0.1) is 0 Å². The van der Waals surface area contributed by atoms with Crippen LogP contribution in [0, 0.1) is 23.7 Å². The Balaban J connectivity index is 1.78. The molecule has 0 amide bonds. The molecule has 0 aliphatic heterocycles. The van der Waals surface area contributed by atoms with Gasteiger partial charge in [-0.05, 0) is 49.4 Å². The third kappa shape index (κ3) is 4.48. The molecule has 2 rings (SSSR count). The zero-order chi connectivity index (χ0) is 14.4. The summed E-state index contributed by atoms with van der Waals surface area (Å²) in [6, 6.07) is 0.486. The molecule has 0 aromatic carbocycles. The monoisotopic (exact) mass is 279 g/mol. The van der Waals surface area contributed by atoms with Gasteiger partial charge >= 0.3 is 0 Å². The van der Waals surface area contributed by atoms with Gasteiger partial charge in [0.2, 0.25) is 0 Å². The third-order valence-electron chi connectivity index (χ3n) is 6.33. The number of fused-ring (bicyclic) bond motifs is 1. The summed E-state index contributed by atoms with van der Waals surface area (Å²) in [5.74, 6) is 3.82. The van der Waals surface area contributed by atoms with E-state index in [0.29, 0.717) is 6.04 Å². The second-order valence-corrected chi connectivity index (χ2v) is 7.69. The predicted octanol–water partition coefficient (Wildman–Crippen LogP) is 5.53. The van der Waals surface area contributed by atoms with Gasteiger partial charge in [-0.2, -0.15) is 0 Å². The minimum absolute atomic E-state index is 0.486. The number of hydrogen-bond donors (Lipinski definition) is 1. The molecular weight excluding hydrogens is 242 g/mol. The third-order valence-corrected chi connectivity index (χ3v) is 6.33. The molecule has 0 saturated heterocycles. The predicted molar refractivity (Wildman–Crippen MR) is 88.7 cm³/mol. The van der Waals surface area contributed by atoms with E-state index in [0.717, 1.165) is 23.7 Å². The maximum absolute atomic E-state index is 6.62. The Bertz CT molecular complexity index is 262. The van der Waals surface area contributed by atoms with E-state index in [4.69, 9.17) is 5.73 Å². The maximum atomic E-state index is 6.62. The minimum Gasteiger partial charge on any atom is -0.327 e. The van der Waals surface area contributed by atoms with Crippen molar-refractivity contribution in [2.45, 2.75) is 96.9 Å². The fourth-order valence-electron chi connectivity index (χ4n) is 4.86. The molecule has 0 heterocycles. The van der Waals surface area contributed by atoms with Crippen LogP contribution in [0.25, 0.3) is 0 Å². The van der Waals surface area contributed by atoms with Gasteiger partial charge in [0.1, 0.15) is 0 Å². The number of unbranched alkanes of at least 4 members (excludes halogenated alkanes) is 1. The van der Waals surface area contributed by atoms with Crippen LogP contribution < -0.4 is 5.73 Å². The topological polar surface area (TPSA) is 26.0 Å². The van der Waals surface area contributed by atoms with E-state index < -0.39 is 0 Å². The highest BCUT2D eigenvalue weighted by atomic mass is 14.7. The summed E-state index contributed by atoms with van der Waals surface area (Å²) in [7, 11) is 0. The first-order chi connectivity index (χ1) is 9.74. The number of rotatable bonds is 7. The van der Waals surface area contributed by atoms with Crippen molar-refractivity contribution in [3.8, 4) is 0 Å². The second kappa shape index (κ2) is 8.41. The summed E-state index contributed by atoms with van der Waals surface area (Å²) in [6.45, 7) is 4.65. The van der Waals surface area contributed by atoms with Gasteiger partial charge in [-0.25, -0.2) is 0 Å². The van der Waals surface area contributed by atoms with Crippen LogP contribution in [0.1, 0.15) is 90.9 Å². The molecule has 20 heavy (non-hydrogen) atoms. The second-order valence-electron chi connectivity index (χ2n) is 7.69. The Morgan fingerprint density at radius 2 is 1.75 bits per heavy atom. The van der Waals surface area contributed by atoms with Crippen LogP contribution in [0.15, 0.2) is 0 Å². The molecule has 0 radical (unpaired) electrons. The fraction of sp³-hybridized carbons (Fsp3) is 1.00. The lowest BCUT2D eigenvalue weighted by atomic mass is 9.65. The van der Waals surface area contributed by atoms with E-state index in [1.807, 2.05) is 0 Å². The van der Waals surface area contributed by atoms with Crippen LogP contribution >= 0.6 is 0 Å². The van der Waals surface area contributed by atoms with Crippen LogP contribution in [0.4, 0.5) is 0 Å². The van der Waals surface area contributed by atoms with Gasteiger partial charge in [-0.1, -0.05) is 65.2 Å². The molecule has 2 aliphatic rings. The lowest BCUT2D eigenvalue weighted by molar-refractivity contribution is 0.111. The first-order valence-corrected chi connectivity index (χ1v) is 9.50. The minimum atomic E-state index is 0.486. The van der Waals surface area contributed by atoms with Crippen molar-refractivity contribution >= 4 is 0 Å². The summed E-state index contributed by atoms with van der Waals surface area (Å²) < 4.78 is 0. The fourth-order valence-corrected chi connectivity index (χ4v) is 4.86. The van der Waals surface area contributed by atoms with Crippen molar-refractivity contribution in [3.63, 3.8) is 0 Å². The molecule has 1 heteroatoms. The summed E-state index contributed by atoms with van der Waals surface area (Å²) in [5, 5.41) is 0. The smallest absolute Gasteiger partial charge is 0.00699 e. The van der Waals surface area contributed by atoms with E-state index in [1.165, 1.54) is 77.0 Å². The van der Waals surface area contributed by atoms with Crippen LogP contribution in [0.2, 0.25) is 0 Å². The largest absolute Gasteiger partial charge is 0.327 e. The van der Waals surface area contributed by atoms with E-state index in [2.05, 4.69) is 13.8 Å². The van der Waals surface area contributed by atoms with Crippen LogP contribution in [0.5, 0.6) is 0 Å². The van der Waals surface area contributed by atoms with Crippen molar-refractivity contribution in [1.82, 2.24) is 0 Å². The quantitative estimate of drug-likeness (QED) is 0.651. The number of hydrogen-bond acceptors (Lipinski definition) is 1. The Labute approximate surface area is 127 Å². The molecule has 0 spiro atoms. The molecule has 118 valence electrons. The Hall–Kier alpha value is -0.0400. The average Bonchev–Trinajstić information content (AvgIpc) is 2.50. The van der Waals surface area contributed by atoms with E-state index in [9.17, 15) is 0 Å². The van der Waals surface area contributed by atoms with Crippen molar-refractivity contribution in [3.05, 3.63) is 0 Å². The summed E-state index contributed by atoms with van der Waals surface area (Å²) in [6.07, 6.45) is 17.1. The highest BCUT2D eigenvalue weighted by Gasteiger charge is 2.34. The molecular formula is C19H37N. The molecule has 0 aromatic rings. The van der Waals surface area contributed by atoms with E-state index >= 15 is 0 Å². The van der Waals surface area contributed by atoms with Gasteiger partial charge in [-0.3, -0.25) is 0 Å². The Morgan fingerprint density at radius 1 is 1.00 bits per heavy atom. The van der Waals surface area contributed by atoms with Crippen molar-refractivity contribution in [2.24, 2.45) is 29.4 Å². The molecule has 2 saturated carbocycles. The normalized spacial score (nSPS) is 33.5. The first kappa shape index (κ1) is 16.3. The highest BCUT2D eigenvalue weighted by molar-refractivity contribution is 4.87. The SMILES string of the molecule is CCCCC(CC)CC(N)C1CCC2CCCCC2C1. The molecule has 5 atom stereocenters. The number of nitrogens with two attached hydrogens (primary N) is 1. The van der Waals surface area contributed by atoms with E-state index in [1.54, 1.807) is 0 Å². The maximum Gasteiger partial charge on any atom is 0.00699 e. The first-order valence-electron chi connectivity index (χ1n) is 9.50. The van der Waals surface area contributed by atoms with Gasteiger partial charge < -0.3 is 5.73 Å². The van der Waals surface area contributed by atoms with E-state index in [-0.39, 0.29) is 0 Å². The molecule has 2 aliphatic carbocycles. The summed E-state index contributed by atoms with van der Waals surface area (Å²) in [4.78, 5) is 0. The molecule has 2 fully saturated rings. The molecule has 5 unspecified atom stereocenters. The highest BCUT2D eigenvalue weighted by Crippen LogP contribution is 2.44. The van der Waals surface area contributed by atoms with Crippen molar-refractivity contribution in [1.29, 1.82) is 0 Å². The van der Waals surface area contributed by atoms with Gasteiger partial charge in [-0.15, -0.1) is 0 Å². The van der Waals surface area contributed by atoms with Crippen LogP contribution in [-0.4, -0.2) is 6.04 Å². The Morgan fingerprint density at radius 3 is 2.45 bits per heavy atom. The van der Waals surface area contributed by atoms with Crippen LogP contribution in [0.3, 0.4) is 0 Å². The molecule has 2 N–H and O–H groups in total. The van der Waals surface area contributed by atoms with Gasteiger partial charge in [0.15, 0.2) is 0 Å².